The summed E-state index contributed by atoms with van der Waals surface area (Å²) in [7, 11) is 0. The van der Waals surface area contributed by atoms with Crippen LogP contribution in [0, 0.1) is 0 Å². The van der Waals surface area contributed by atoms with E-state index in [1.54, 1.807) is 0 Å². The van der Waals surface area contributed by atoms with Gasteiger partial charge in [0.05, 0.1) is 0 Å². The highest BCUT2D eigenvalue weighted by Gasteiger charge is 2.56. The van der Waals surface area contributed by atoms with Crippen LogP contribution in [0.2, 0.25) is 0 Å². The molecule has 3 aliphatic rings. The van der Waals surface area contributed by atoms with E-state index < -0.39 is 6.10 Å². The minimum absolute atomic E-state index is 0.128. The van der Waals surface area contributed by atoms with Crippen molar-refractivity contribution in [1.82, 2.24) is 0 Å². The molecule has 3 heterocycles. The summed E-state index contributed by atoms with van der Waals surface area (Å²) in [6.07, 6.45) is -0.858. The molecular weight excluding hydrogens is 136 g/mol. The summed E-state index contributed by atoms with van der Waals surface area (Å²) in [5.74, 6) is 1.17. The highest BCUT2D eigenvalue weighted by Crippen LogP contribution is 2.43. The first-order valence-electron chi connectivity index (χ1n) is 3.24. The Morgan fingerprint density at radius 2 is 2.30 bits per heavy atom. The molecule has 1 N–H and O–H groups in total. The third-order valence-electron chi connectivity index (χ3n) is 1.98. The Bertz CT molecular complexity index is 222. The molecule has 4 heteroatoms. The maximum atomic E-state index is 9.34. The molecule has 0 unspecified atom stereocenters. The predicted molar refractivity (Wildman–Crippen MR) is 28.7 cm³/mol. The normalized spacial score (nSPS) is 47.1. The van der Waals surface area contributed by atoms with Crippen LogP contribution in [0.15, 0.2) is 11.7 Å². The molecule has 0 aromatic heterocycles. The van der Waals surface area contributed by atoms with E-state index in [0.717, 1.165) is 0 Å². The van der Waals surface area contributed by atoms with Crippen molar-refractivity contribution in [3.63, 3.8) is 0 Å². The molecule has 2 saturated heterocycles. The summed E-state index contributed by atoms with van der Waals surface area (Å²) in [6, 6.07) is 0. The Kier molecular flexibility index (Phi) is 0.604. The van der Waals surface area contributed by atoms with Crippen molar-refractivity contribution in [3.05, 3.63) is 11.7 Å². The average molecular weight is 142 g/mol. The number of aliphatic hydroxyl groups is 1. The summed E-state index contributed by atoms with van der Waals surface area (Å²) in [5, 5.41) is 9.34. The quantitative estimate of drug-likeness (QED) is 0.456. The van der Waals surface area contributed by atoms with Gasteiger partial charge in [0, 0.05) is 0 Å². The van der Waals surface area contributed by atoms with E-state index in [1.165, 1.54) is 0 Å². The van der Waals surface area contributed by atoms with Crippen LogP contribution in [0.5, 0.6) is 0 Å². The maximum Gasteiger partial charge on any atom is 0.323 e. The number of aliphatic hydroxyl groups excluding tert-OH is 1. The highest BCUT2D eigenvalue weighted by atomic mass is 16.7. The molecule has 0 aromatic rings. The lowest BCUT2D eigenvalue weighted by molar-refractivity contribution is 0.00743. The molecule has 0 spiro atoms. The molecular formula is C6H6O4. The minimum atomic E-state index is -0.527. The Labute approximate surface area is 57.0 Å². The molecule has 0 aliphatic carbocycles. The van der Waals surface area contributed by atoms with Gasteiger partial charge in [0.1, 0.15) is 12.7 Å². The van der Waals surface area contributed by atoms with Crippen molar-refractivity contribution in [2.45, 2.75) is 18.3 Å². The molecule has 0 saturated carbocycles. The first-order chi connectivity index (χ1) is 4.86. The lowest BCUT2D eigenvalue weighted by atomic mass is 10.1. The van der Waals surface area contributed by atoms with E-state index in [4.69, 9.17) is 14.2 Å². The maximum absolute atomic E-state index is 9.34. The van der Waals surface area contributed by atoms with Crippen molar-refractivity contribution >= 4 is 0 Å². The largest absolute Gasteiger partial charge is 0.473 e. The first kappa shape index (κ1) is 4.85. The van der Waals surface area contributed by atoms with Gasteiger partial charge in [0.2, 0.25) is 5.76 Å². The number of hydrogen-bond donors (Lipinski definition) is 1. The van der Waals surface area contributed by atoms with Gasteiger partial charge in [-0.15, -0.1) is 0 Å². The number of epoxide rings is 1. The molecule has 3 rings (SSSR count). The van der Waals surface area contributed by atoms with Crippen molar-refractivity contribution in [2.75, 3.05) is 6.61 Å². The second-order valence-electron chi connectivity index (χ2n) is 2.65. The zero-order chi connectivity index (χ0) is 6.72. The van der Waals surface area contributed by atoms with Crippen LogP contribution in [0.3, 0.4) is 0 Å². The van der Waals surface area contributed by atoms with Gasteiger partial charge in [-0.3, -0.25) is 0 Å². The highest BCUT2D eigenvalue weighted by molar-refractivity contribution is 5.24. The Balaban J connectivity index is 2.08. The van der Waals surface area contributed by atoms with Gasteiger partial charge in [-0.2, -0.15) is 0 Å². The van der Waals surface area contributed by atoms with Crippen LogP contribution >= 0.6 is 0 Å². The smallest absolute Gasteiger partial charge is 0.323 e. The van der Waals surface area contributed by atoms with Gasteiger partial charge >= 0.3 is 5.95 Å². The fourth-order valence-electron chi connectivity index (χ4n) is 1.35. The second kappa shape index (κ2) is 1.25. The predicted octanol–water partition coefficient (Wildman–Crippen LogP) is -0.656. The van der Waals surface area contributed by atoms with Crippen molar-refractivity contribution in [2.24, 2.45) is 0 Å². The van der Waals surface area contributed by atoms with E-state index in [9.17, 15) is 5.11 Å². The van der Waals surface area contributed by atoms with Crippen LogP contribution in [-0.2, 0) is 14.2 Å². The summed E-state index contributed by atoms with van der Waals surface area (Å²) >= 11 is 0. The zero-order valence-electron chi connectivity index (χ0n) is 5.11. The van der Waals surface area contributed by atoms with Crippen molar-refractivity contribution in [1.29, 1.82) is 0 Å². The Morgan fingerprint density at radius 1 is 1.40 bits per heavy atom. The SMILES string of the molecule is O[C@H]1[C@@H]2OC2=C2OC[C@H]1O2. The topological polar surface area (TPSA) is 51.2 Å². The molecule has 10 heavy (non-hydrogen) atoms. The summed E-state index contributed by atoms with van der Waals surface area (Å²) in [4.78, 5) is 0. The molecule has 0 radical (unpaired) electrons. The zero-order valence-corrected chi connectivity index (χ0v) is 5.11. The van der Waals surface area contributed by atoms with Gasteiger partial charge in [0.15, 0.2) is 12.2 Å². The van der Waals surface area contributed by atoms with Gasteiger partial charge in [-0.1, -0.05) is 0 Å². The van der Waals surface area contributed by atoms with Gasteiger partial charge in [-0.05, 0) is 0 Å². The fraction of sp³-hybridized carbons (Fsp3) is 0.667. The first-order valence-corrected chi connectivity index (χ1v) is 3.24. The van der Waals surface area contributed by atoms with Crippen LogP contribution < -0.4 is 0 Å². The van der Waals surface area contributed by atoms with Crippen LogP contribution in [0.4, 0.5) is 0 Å². The molecule has 3 aliphatic heterocycles. The summed E-state index contributed by atoms with van der Waals surface area (Å²) in [6.45, 7) is 0.458. The van der Waals surface area contributed by atoms with Crippen LogP contribution in [0.25, 0.3) is 0 Å². The van der Waals surface area contributed by atoms with E-state index in [1.807, 2.05) is 0 Å². The van der Waals surface area contributed by atoms with E-state index in [0.29, 0.717) is 18.3 Å². The number of hydrogen-bond acceptors (Lipinski definition) is 4. The molecule has 0 amide bonds. The minimum Gasteiger partial charge on any atom is -0.473 e. The van der Waals surface area contributed by atoms with Gasteiger partial charge in [0.25, 0.3) is 0 Å². The standard InChI is InChI=1S/C6H6O4/c7-3-2-1-8-6(9-2)5-4(3)10-5/h2-4,7H,1H2/t2-,3-,4+/m1/s1. The molecule has 54 valence electrons. The number of rotatable bonds is 0. The monoisotopic (exact) mass is 142 g/mol. The average Bonchev–Trinajstić information content (AvgIpc) is 2.61. The van der Waals surface area contributed by atoms with Crippen LogP contribution in [0.1, 0.15) is 0 Å². The third kappa shape index (κ3) is 0.388. The second-order valence-corrected chi connectivity index (χ2v) is 2.65. The van der Waals surface area contributed by atoms with Crippen molar-refractivity contribution in [3.8, 4) is 0 Å². The summed E-state index contributed by atoms with van der Waals surface area (Å²) < 4.78 is 15.2. The summed E-state index contributed by atoms with van der Waals surface area (Å²) in [5.41, 5.74) is 0. The van der Waals surface area contributed by atoms with Gasteiger partial charge in [-0.25, -0.2) is 0 Å². The molecule has 3 atom stereocenters. The Hall–Kier alpha value is -0.900. The fourth-order valence-corrected chi connectivity index (χ4v) is 1.35. The lowest BCUT2D eigenvalue weighted by Gasteiger charge is -2.12. The van der Waals surface area contributed by atoms with E-state index in [-0.39, 0.29) is 12.2 Å². The lowest BCUT2D eigenvalue weighted by Crippen LogP contribution is -2.33. The third-order valence-corrected chi connectivity index (χ3v) is 1.98. The molecule has 0 aromatic carbocycles. The van der Waals surface area contributed by atoms with Crippen molar-refractivity contribution < 1.29 is 19.3 Å². The van der Waals surface area contributed by atoms with Gasteiger partial charge < -0.3 is 19.3 Å². The van der Waals surface area contributed by atoms with E-state index >= 15 is 0 Å². The number of ether oxygens (including phenoxy) is 3. The molecule has 2 bridgehead atoms. The number of fused-ring (bicyclic) bond motifs is 3. The van der Waals surface area contributed by atoms with E-state index in [2.05, 4.69) is 0 Å². The molecule has 2 fully saturated rings. The molecule has 4 nitrogen and oxygen atoms in total. The van der Waals surface area contributed by atoms with Crippen LogP contribution in [-0.4, -0.2) is 30.0 Å². The Morgan fingerprint density at radius 3 is 3.20 bits per heavy atom.